The Morgan fingerprint density at radius 1 is 1.58 bits per heavy atom. The fourth-order valence-corrected chi connectivity index (χ4v) is 0.916. The highest BCUT2D eigenvalue weighted by Crippen LogP contribution is 2.17. The van der Waals surface area contributed by atoms with Gasteiger partial charge in [-0.2, -0.15) is 0 Å². The van der Waals surface area contributed by atoms with E-state index < -0.39 is 11.9 Å². The van der Waals surface area contributed by atoms with Gasteiger partial charge >= 0.3 is 5.97 Å². The molecule has 0 saturated heterocycles. The van der Waals surface area contributed by atoms with Crippen LogP contribution in [0.1, 0.15) is 6.42 Å². The van der Waals surface area contributed by atoms with Crippen LogP contribution >= 0.6 is 0 Å². The summed E-state index contributed by atoms with van der Waals surface area (Å²) in [6, 6.07) is 0. The molecule has 64 valence electrons. The summed E-state index contributed by atoms with van der Waals surface area (Å²) in [6.07, 6.45) is 3.11. The van der Waals surface area contributed by atoms with Crippen LogP contribution in [0.4, 0.5) is 0 Å². The fraction of sp³-hybridized carbons (Fsp3) is 0.143. The number of rotatable bonds is 2. The number of aliphatic carboxylic acids is 1. The lowest BCUT2D eigenvalue weighted by molar-refractivity contribution is -0.132. The Morgan fingerprint density at radius 3 is 2.67 bits per heavy atom. The van der Waals surface area contributed by atoms with Crippen molar-refractivity contribution in [3.8, 4) is 0 Å². The smallest absolute Gasteiger partial charge is 0.331 e. The molecule has 0 aromatic rings. The van der Waals surface area contributed by atoms with Gasteiger partial charge in [-0.05, 0) is 12.5 Å². The third-order valence-electron chi connectivity index (χ3n) is 1.54. The molecule has 1 rings (SSSR count). The number of nitrogens with one attached hydrogen (secondary N) is 1. The van der Waals surface area contributed by atoms with E-state index in [0.29, 0.717) is 5.57 Å². The third kappa shape index (κ3) is 1.51. The predicted molar refractivity (Wildman–Crippen MR) is 40.7 cm³/mol. The molecule has 5 heteroatoms. The van der Waals surface area contributed by atoms with Crippen LogP contribution in [0.2, 0.25) is 0 Å². The molecule has 0 atom stereocenters. The van der Waals surface area contributed by atoms with E-state index in [4.69, 9.17) is 10.9 Å². The highest BCUT2D eigenvalue weighted by Gasteiger charge is 2.16. The number of nitrogens with two attached hydrogens (primary N) is 1. The first kappa shape index (κ1) is 8.48. The molecular weight excluding hydrogens is 160 g/mol. The van der Waals surface area contributed by atoms with Crippen LogP contribution in [-0.2, 0) is 9.59 Å². The van der Waals surface area contributed by atoms with Crippen LogP contribution < -0.4 is 11.3 Å². The van der Waals surface area contributed by atoms with Crippen LogP contribution in [0.15, 0.2) is 23.3 Å². The molecule has 1 aliphatic rings. The van der Waals surface area contributed by atoms with Gasteiger partial charge in [-0.3, -0.25) is 10.2 Å². The molecule has 4 N–H and O–H groups in total. The Kier molecular flexibility index (Phi) is 2.25. The monoisotopic (exact) mass is 168 g/mol. The van der Waals surface area contributed by atoms with E-state index >= 15 is 0 Å². The quantitative estimate of drug-likeness (QED) is 0.289. The Bertz CT molecular complexity index is 291. The third-order valence-corrected chi connectivity index (χ3v) is 1.54. The van der Waals surface area contributed by atoms with Crippen LogP contribution in [0.3, 0.4) is 0 Å². The summed E-state index contributed by atoms with van der Waals surface area (Å²) < 4.78 is 0. The highest BCUT2D eigenvalue weighted by atomic mass is 16.4. The van der Waals surface area contributed by atoms with Gasteiger partial charge in [0.25, 0.3) is 5.91 Å². The lowest BCUT2D eigenvalue weighted by atomic mass is 10.2. The standard InChI is InChI=1S/C7H8N2O3/c8-9-6(10)4-1-2-5(3-4)7(11)12/h1,3H,2,8H2,(H,9,10)(H,11,12). The van der Waals surface area contributed by atoms with Crippen molar-refractivity contribution in [2.75, 3.05) is 0 Å². The molecule has 0 aliphatic heterocycles. The van der Waals surface area contributed by atoms with Gasteiger partial charge in [0.15, 0.2) is 0 Å². The van der Waals surface area contributed by atoms with Crippen molar-refractivity contribution in [3.05, 3.63) is 23.3 Å². The van der Waals surface area contributed by atoms with Gasteiger partial charge < -0.3 is 5.11 Å². The van der Waals surface area contributed by atoms with Crippen molar-refractivity contribution in [1.82, 2.24) is 5.43 Å². The number of allylic oxidation sites excluding steroid dienone is 1. The molecule has 12 heavy (non-hydrogen) atoms. The van der Waals surface area contributed by atoms with Gasteiger partial charge in [0, 0.05) is 11.1 Å². The Hall–Kier alpha value is -1.62. The molecule has 0 spiro atoms. The maximum absolute atomic E-state index is 10.8. The van der Waals surface area contributed by atoms with Gasteiger partial charge in [-0.1, -0.05) is 6.08 Å². The number of carbonyl (C=O) groups is 2. The molecule has 0 heterocycles. The summed E-state index contributed by atoms with van der Waals surface area (Å²) in [6.45, 7) is 0. The van der Waals surface area contributed by atoms with Crippen molar-refractivity contribution in [1.29, 1.82) is 0 Å². The van der Waals surface area contributed by atoms with E-state index in [2.05, 4.69) is 0 Å². The molecule has 0 fully saturated rings. The number of amides is 1. The van der Waals surface area contributed by atoms with E-state index in [1.807, 2.05) is 5.43 Å². The first-order chi connectivity index (χ1) is 5.65. The van der Waals surface area contributed by atoms with E-state index in [1.54, 1.807) is 0 Å². The molecule has 0 radical (unpaired) electrons. The van der Waals surface area contributed by atoms with Gasteiger partial charge in [0.05, 0.1) is 0 Å². The number of carbonyl (C=O) groups excluding carboxylic acids is 1. The zero-order chi connectivity index (χ0) is 9.14. The van der Waals surface area contributed by atoms with Gasteiger partial charge in [0.1, 0.15) is 0 Å². The van der Waals surface area contributed by atoms with Crippen molar-refractivity contribution in [2.24, 2.45) is 5.84 Å². The van der Waals surface area contributed by atoms with Crippen molar-refractivity contribution < 1.29 is 14.7 Å². The van der Waals surface area contributed by atoms with E-state index in [0.717, 1.165) is 0 Å². The SMILES string of the molecule is NNC(=O)C1=CCC(C(=O)O)=C1. The van der Waals surface area contributed by atoms with Crippen LogP contribution in [-0.4, -0.2) is 17.0 Å². The number of hydrazine groups is 1. The van der Waals surface area contributed by atoms with Crippen LogP contribution in [0, 0.1) is 0 Å². The summed E-state index contributed by atoms with van der Waals surface area (Å²) >= 11 is 0. The molecule has 0 unspecified atom stereocenters. The second kappa shape index (κ2) is 3.19. The minimum absolute atomic E-state index is 0.202. The second-order valence-electron chi connectivity index (χ2n) is 2.31. The molecule has 0 saturated carbocycles. The first-order valence-electron chi connectivity index (χ1n) is 3.30. The fourth-order valence-electron chi connectivity index (χ4n) is 0.916. The summed E-state index contributed by atoms with van der Waals surface area (Å²) in [5, 5.41) is 8.52. The summed E-state index contributed by atoms with van der Waals surface area (Å²) in [4.78, 5) is 21.2. The lowest BCUT2D eigenvalue weighted by Gasteiger charge is -1.94. The van der Waals surface area contributed by atoms with Gasteiger partial charge in [0.2, 0.25) is 0 Å². The first-order valence-corrected chi connectivity index (χ1v) is 3.30. The molecule has 1 aliphatic carbocycles. The maximum Gasteiger partial charge on any atom is 0.331 e. The number of hydrogen-bond acceptors (Lipinski definition) is 3. The van der Waals surface area contributed by atoms with Crippen molar-refractivity contribution in [2.45, 2.75) is 6.42 Å². The zero-order valence-electron chi connectivity index (χ0n) is 6.20. The topological polar surface area (TPSA) is 92.4 Å². The summed E-state index contributed by atoms with van der Waals surface area (Å²) in [5.74, 6) is 3.38. The Balaban J connectivity index is 2.74. The van der Waals surface area contributed by atoms with E-state index in [-0.39, 0.29) is 12.0 Å². The van der Waals surface area contributed by atoms with Crippen molar-refractivity contribution >= 4 is 11.9 Å². The molecule has 0 aromatic heterocycles. The molecular formula is C7H8N2O3. The van der Waals surface area contributed by atoms with Crippen LogP contribution in [0.5, 0.6) is 0 Å². The minimum Gasteiger partial charge on any atom is -0.478 e. The zero-order valence-corrected chi connectivity index (χ0v) is 6.20. The molecule has 0 bridgehead atoms. The van der Waals surface area contributed by atoms with Gasteiger partial charge in [-0.25, -0.2) is 10.6 Å². The molecule has 1 amide bonds. The molecule has 0 aromatic carbocycles. The Morgan fingerprint density at radius 2 is 2.25 bits per heavy atom. The van der Waals surface area contributed by atoms with Gasteiger partial charge in [-0.15, -0.1) is 0 Å². The maximum atomic E-state index is 10.8. The molecule has 5 nitrogen and oxygen atoms in total. The minimum atomic E-state index is -1.01. The van der Waals surface area contributed by atoms with E-state index in [9.17, 15) is 9.59 Å². The average Bonchev–Trinajstić information content (AvgIpc) is 2.51. The lowest BCUT2D eigenvalue weighted by Crippen LogP contribution is -2.30. The van der Waals surface area contributed by atoms with Crippen LogP contribution in [0.25, 0.3) is 0 Å². The predicted octanol–water partition coefficient (Wildman–Crippen LogP) is -0.683. The van der Waals surface area contributed by atoms with Crippen molar-refractivity contribution in [3.63, 3.8) is 0 Å². The average molecular weight is 168 g/mol. The second-order valence-corrected chi connectivity index (χ2v) is 2.31. The summed E-state index contributed by atoms with van der Waals surface area (Å²) in [7, 11) is 0. The summed E-state index contributed by atoms with van der Waals surface area (Å²) in [5.41, 5.74) is 2.42. The number of carboxylic acids is 1. The highest BCUT2D eigenvalue weighted by molar-refractivity contribution is 6.00. The normalized spacial score (nSPS) is 15.1. The Labute approximate surface area is 68.5 Å². The number of hydrogen-bond donors (Lipinski definition) is 3. The largest absolute Gasteiger partial charge is 0.478 e. The van der Waals surface area contributed by atoms with E-state index in [1.165, 1.54) is 12.2 Å². The number of carboxylic acid groups (broad SMARTS) is 1.